The number of hydrogen-bond acceptors (Lipinski definition) is 2. The number of nitrogens with zero attached hydrogens (tertiary/aromatic N) is 1. The lowest BCUT2D eigenvalue weighted by atomic mass is 10.0. The second-order valence-corrected chi connectivity index (χ2v) is 6.83. The number of carbonyl (C=O) groups excluding carboxylic acids is 1. The maximum atomic E-state index is 12.7. The van der Waals surface area contributed by atoms with Crippen molar-refractivity contribution >= 4 is 34.4 Å². The van der Waals surface area contributed by atoms with Crippen LogP contribution in [0.5, 0.6) is 0 Å². The largest absolute Gasteiger partial charge is 0.311 e. The van der Waals surface area contributed by atoms with Crippen LogP contribution in [0.15, 0.2) is 109 Å². The van der Waals surface area contributed by atoms with E-state index in [1.165, 1.54) is 0 Å². The number of carbonyl (C=O) groups is 1. The average Bonchev–Trinajstić information content (AvgIpc) is 2.75. The van der Waals surface area contributed by atoms with Crippen LogP contribution in [0.4, 0.5) is 17.1 Å². The van der Waals surface area contributed by atoms with Crippen LogP contribution in [0.2, 0.25) is 5.02 Å². The summed E-state index contributed by atoms with van der Waals surface area (Å²) in [6.45, 7) is 0. The van der Waals surface area contributed by atoms with E-state index < -0.39 is 0 Å². The summed E-state index contributed by atoms with van der Waals surface area (Å²) in [6.07, 6.45) is 0. The van der Waals surface area contributed by atoms with Gasteiger partial charge in [0.2, 0.25) is 0 Å². The highest BCUT2D eigenvalue weighted by molar-refractivity contribution is 6.31. The molecule has 0 amide bonds. The van der Waals surface area contributed by atoms with Crippen LogP contribution < -0.4 is 4.90 Å². The summed E-state index contributed by atoms with van der Waals surface area (Å²) in [5, 5.41) is 0.557. The van der Waals surface area contributed by atoms with Gasteiger partial charge in [0.1, 0.15) is 0 Å². The highest BCUT2D eigenvalue weighted by Crippen LogP contribution is 2.34. The molecule has 0 bridgehead atoms. The Labute approximate surface area is 169 Å². The molecule has 3 heteroatoms. The fraction of sp³-hybridized carbons (Fsp3) is 0. The fourth-order valence-corrected chi connectivity index (χ4v) is 3.35. The lowest BCUT2D eigenvalue weighted by Crippen LogP contribution is -2.10. The smallest absolute Gasteiger partial charge is 0.193 e. The minimum Gasteiger partial charge on any atom is -0.311 e. The zero-order valence-corrected chi connectivity index (χ0v) is 15.9. The third kappa shape index (κ3) is 3.83. The van der Waals surface area contributed by atoms with Gasteiger partial charge in [-0.25, -0.2) is 0 Å². The SMILES string of the molecule is O=C(c1ccc(N(c2ccccc2)c2ccccc2)cc1)c1cccc(Cl)c1. The molecule has 0 spiro atoms. The minimum absolute atomic E-state index is 0.0416. The summed E-state index contributed by atoms with van der Waals surface area (Å²) in [5.41, 5.74) is 4.32. The van der Waals surface area contributed by atoms with Crippen molar-refractivity contribution in [3.63, 3.8) is 0 Å². The third-order valence-electron chi connectivity index (χ3n) is 4.50. The van der Waals surface area contributed by atoms with E-state index in [2.05, 4.69) is 29.2 Å². The van der Waals surface area contributed by atoms with Gasteiger partial charge in [0.25, 0.3) is 0 Å². The Hall–Kier alpha value is -3.36. The summed E-state index contributed by atoms with van der Waals surface area (Å²) in [5.74, 6) is -0.0416. The van der Waals surface area contributed by atoms with Gasteiger partial charge in [0.15, 0.2) is 5.78 Å². The molecule has 0 aliphatic heterocycles. The van der Waals surface area contributed by atoms with Crippen LogP contribution in [0.25, 0.3) is 0 Å². The van der Waals surface area contributed by atoms with Gasteiger partial charge >= 0.3 is 0 Å². The predicted octanol–water partition coefficient (Wildman–Crippen LogP) is 7.04. The Bertz CT molecular complexity index is 1040. The Balaban J connectivity index is 1.70. The summed E-state index contributed by atoms with van der Waals surface area (Å²) < 4.78 is 0. The normalized spacial score (nSPS) is 10.5. The molecule has 0 aliphatic rings. The van der Waals surface area contributed by atoms with Gasteiger partial charge in [0, 0.05) is 33.2 Å². The van der Waals surface area contributed by atoms with Crippen LogP contribution in [-0.4, -0.2) is 5.78 Å². The third-order valence-corrected chi connectivity index (χ3v) is 4.74. The molecule has 0 atom stereocenters. The zero-order chi connectivity index (χ0) is 19.3. The molecule has 4 aromatic rings. The van der Waals surface area contributed by atoms with E-state index in [0.717, 1.165) is 17.1 Å². The van der Waals surface area contributed by atoms with E-state index >= 15 is 0 Å². The first kappa shape index (κ1) is 18.0. The monoisotopic (exact) mass is 383 g/mol. The molecule has 28 heavy (non-hydrogen) atoms. The second kappa shape index (κ2) is 8.12. The van der Waals surface area contributed by atoms with Crippen LogP contribution in [0.1, 0.15) is 15.9 Å². The van der Waals surface area contributed by atoms with E-state index in [-0.39, 0.29) is 5.78 Å². The highest BCUT2D eigenvalue weighted by Gasteiger charge is 2.14. The molecule has 0 fully saturated rings. The summed E-state index contributed by atoms with van der Waals surface area (Å²) in [4.78, 5) is 14.9. The van der Waals surface area contributed by atoms with Gasteiger partial charge in [-0.2, -0.15) is 0 Å². The van der Waals surface area contributed by atoms with Crippen LogP contribution >= 0.6 is 11.6 Å². The first-order valence-corrected chi connectivity index (χ1v) is 9.41. The molecule has 0 N–H and O–H groups in total. The van der Waals surface area contributed by atoms with Crippen LogP contribution in [0.3, 0.4) is 0 Å². The van der Waals surface area contributed by atoms with Gasteiger partial charge in [-0.15, -0.1) is 0 Å². The van der Waals surface area contributed by atoms with E-state index in [0.29, 0.717) is 16.1 Å². The molecule has 0 aliphatic carbocycles. The summed E-state index contributed by atoms with van der Waals surface area (Å²) >= 11 is 6.02. The van der Waals surface area contributed by atoms with Crippen LogP contribution in [-0.2, 0) is 0 Å². The Morgan fingerprint density at radius 1 is 0.571 bits per heavy atom. The molecule has 4 rings (SSSR count). The van der Waals surface area contributed by atoms with Gasteiger partial charge in [-0.05, 0) is 60.7 Å². The maximum absolute atomic E-state index is 12.7. The molecule has 0 saturated carbocycles. The first-order chi connectivity index (χ1) is 13.7. The molecule has 4 aromatic carbocycles. The van der Waals surface area contributed by atoms with Gasteiger partial charge in [0.05, 0.1) is 0 Å². The summed E-state index contributed by atoms with van der Waals surface area (Å²) in [6, 6.07) is 35.0. The van der Waals surface area contributed by atoms with E-state index in [1.54, 1.807) is 24.3 Å². The number of anilines is 3. The Morgan fingerprint density at radius 2 is 1.11 bits per heavy atom. The lowest BCUT2D eigenvalue weighted by molar-refractivity contribution is 0.103. The fourth-order valence-electron chi connectivity index (χ4n) is 3.16. The van der Waals surface area contributed by atoms with Gasteiger partial charge in [-0.1, -0.05) is 60.1 Å². The van der Waals surface area contributed by atoms with Crippen molar-refractivity contribution in [3.8, 4) is 0 Å². The molecule has 0 heterocycles. The minimum atomic E-state index is -0.0416. The van der Waals surface area contributed by atoms with Crippen molar-refractivity contribution in [1.29, 1.82) is 0 Å². The molecule has 136 valence electrons. The van der Waals surface area contributed by atoms with Crippen molar-refractivity contribution in [2.75, 3.05) is 4.90 Å². The number of benzene rings is 4. The molecule has 2 nitrogen and oxygen atoms in total. The van der Waals surface area contributed by atoms with Crippen LogP contribution in [0, 0.1) is 0 Å². The highest BCUT2D eigenvalue weighted by atomic mass is 35.5. The number of halogens is 1. The van der Waals surface area contributed by atoms with Gasteiger partial charge in [-0.3, -0.25) is 4.79 Å². The molecular formula is C25H18ClNO. The number of ketones is 1. The molecule has 0 saturated heterocycles. The van der Waals surface area contributed by atoms with Crippen molar-refractivity contribution in [2.45, 2.75) is 0 Å². The number of hydrogen-bond donors (Lipinski definition) is 0. The second-order valence-electron chi connectivity index (χ2n) is 6.39. The maximum Gasteiger partial charge on any atom is 0.193 e. The average molecular weight is 384 g/mol. The Morgan fingerprint density at radius 3 is 1.64 bits per heavy atom. The van der Waals surface area contributed by atoms with E-state index in [9.17, 15) is 4.79 Å². The van der Waals surface area contributed by atoms with Crippen molar-refractivity contribution in [2.24, 2.45) is 0 Å². The topological polar surface area (TPSA) is 20.3 Å². The Kier molecular flexibility index (Phi) is 5.22. The zero-order valence-electron chi connectivity index (χ0n) is 15.1. The van der Waals surface area contributed by atoms with Crippen molar-refractivity contribution in [3.05, 3.63) is 125 Å². The van der Waals surface area contributed by atoms with E-state index in [4.69, 9.17) is 11.6 Å². The standard InChI is InChI=1S/C25H18ClNO/c26-21-9-7-8-20(18-21)25(28)19-14-16-24(17-15-19)27(22-10-3-1-4-11-22)23-12-5-2-6-13-23/h1-18H. The molecule has 0 aromatic heterocycles. The lowest BCUT2D eigenvalue weighted by Gasteiger charge is -2.25. The summed E-state index contributed by atoms with van der Waals surface area (Å²) in [7, 11) is 0. The van der Waals surface area contributed by atoms with Crippen molar-refractivity contribution < 1.29 is 4.79 Å². The molecule has 0 radical (unpaired) electrons. The molecule has 0 unspecified atom stereocenters. The van der Waals surface area contributed by atoms with Gasteiger partial charge < -0.3 is 4.90 Å². The molecular weight excluding hydrogens is 366 g/mol. The van der Waals surface area contributed by atoms with E-state index in [1.807, 2.05) is 60.7 Å². The number of rotatable bonds is 5. The van der Waals surface area contributed by atoms with Crippen molar-refractivity contribution in [1.82, 2.24) is 0 Å². The quantitative estimate of drug-likeness (QED) is 0.344. The first-order valence-electron chi connectivity index (χ1n) is 9.03. The number of para-hydroxylation sites is 2. The predicted molar refractivity (Wildman–Crippen MR) is 116 cm³/mol.